The Balaban J connectivity index is 1.76. The zero-order valence-electron chi connectivity index (χ0n) is 19.6. The van der Waals surface area contributed by atoms with Crippen LogP contribution < -0.4 is 0 Å². The first-order valence-electron chi connectivity index (χ1n) is 10.9. The van der Waals surface area contributed by atoms with Gasteiger partial charge in [0.05, 0.1) is 0 Å². The topological polar surface area (TPSA) is 55.4 Å². The Kier molecular flexibility index (Phi) is 10.7. The lowest BCUT2D eigenvalue weighted by Gasteiger charge is -2.44. The van der Waals surface area contributed by atoms with Crippen LogP contribution in [0.3, 0.4) is 0 Å². The summed E-state index contributed by atoms with van der Waals surface area (Å²) in [6.45, 7) is 0. The van der Waals surface area contributed by atoms with Crippen molar-refractivity contribution in [1.82, 2.24) is 0 Å². The van der Waals surface area contributed by atoms with Gasteiger partial charge in [0, 0.05) is 54.2 Å². The third-order valence-corrected chi connectivity index (χ3v) is 12.8. The van der Waals surface area contributed by atoms with Gasteiger partial charge in [-0.3, -0.25) is 0 Å². The molecule has 1 aromatic carbocycles. The van der Waals surface area contributed by atoms with Gasteiger partial charge >= 0.3 is 17.6 Å². The molecule has 0 N–H and O–H groups in total. The summed E-state index contributed by atoms with van der Waals surface area (Å²) >= 11 is 0. The Labute approximate surface area is 184 Å². The summed E-state index contributed by atoms with van der Waals surface area (Å²) in [6.07, 6.45) is 7.88. The van der Waals surface area contributed by atoms with Crippen LogP contribution in [0.1, 0.15) is 43.2 Å². The Morgan fingerprint density at radius 1 is 0.700 bits per heavy atom. The van der Waals surface area contributed by atoms with Crippen molar-refractivity contribution in [3.05, 3.63) is 35.4 Å². The van der Waals surface area contributed by atoms with E-state index in [1.807, 2.05) is 0 Å². The van der Waals surface area contributed by atoms with E-state index in [4.69, 9.17) is 26.6 Å². The number of unbranched alkanes of at least 4 members (excludes halogenated alkanes) is 2. The van der Waals surface area contributed by atoms with Crippen molar-refractivity contribution in [2.45, 2.75) is 56.5 Å². The van der Waals surface area contributed by atoms with Gasteiger partial charge in [0.2, 0.25) is 0 Å². The molecule has 1 aliphatic carbocycles. The molecule has 2 atom stereocenters. The maximum absolute atomic E-state index is 5.71. The van der Waals surface area contributed by atoms with Crippen LogP contribution in [0, 0.1) is 5.92 Å². The fourth-order valence-corrected chi connectivity index (χ4v) is 9.12. The van der Waals surface area contributed by atoms with E-state index in [9.17, 15) is 0 Å². The molecule has 0 aromatic heterocycles. The second-order valence-electron chi connectivity index (χ2n) is 8.04. The van der Waals surface area contributed by atoms with Crippen LogP contribution in [-0.2, 0) is 39.4 Å². The molecule has 0 saturated heterocycles. The van der Waals surface area contributed by atoms with Crippen molar-refractivity contribution < 1.29 is 26.6 Å². The van der Waals surface area contributed by atoms with Gasteiger partial charge in [-0.15, -0.1) is 0 Å². The summed E-state index contributed by atoms with van der Waals surface area (Å²) in [5.74, 6) is 0.578. The molecule has 0 bridgehead atoms. The number of rotatable bonds is 15. The highest BCUT2D eigenvalue weighted by molar-refractivity contribution is 6.62. The number of benzene rings is 1. The molecule has 0 radical (unpaired) electrons. The smallest absolute Gasteiger partial charge is 0.377 e. The normalized spacial score (nSPS) is 19.7. The van der Waals surface area contributed by atoms with Gasteiger partial charge in [0.1, 0.15) is 0 Å². The van der Waals surface area contributed by atoms with E-state index in [-0.39, 0.29) is 0 Å². The number of hydrogen-bond acceptors (Lipinski definition) is 6. The maximum Gasteiger partial charge on any atom is 0.503 e. The standard InChI is InChI=1S/C22H40O6Si2/c1-23-29(24-2,25-3)17-9-7-8-10-19-11-13-20(14-12-19)18-21-15-16-22(21)30(26-4,27-5)28-6/h11-14,21-22H,7-10,15-18H2,1-6H3. The van der Waals surface area contributed by atoms with Crippen molar-refractivity contribution in [1.29, 1.82) is 0 Å². The average Bonchev–Trinajstić information content (AvgIpc) is 2.78. The lowest BCUT2D eigenvalue weighted by atomic mass is 9.80. The molecule has 1 saturated carbocycles. The van der Waals surface area contributed by atoms with E-state index < -0.39 is 17.6 Å². The fraction of sp³-hybridized carbons (Fsp3) is 0.727. The molecule has 1 fully saturated rings. The van der Waals surface area contributed by atoms with Crippen LogP contribution in [0.15, 0.2) is 24.3 Å². The quantitative estimate of drug-likeness (QED) is 0.286. The summed E-state index contributed by atoms with van der Waals surface area (Å²) in [4.78, 5) is 0. The molecular weight excluding hydrogens is 416 g/mol. The first kappa shape index (κ1) is 25.7. The minimum atomic E-state index is -2.53. The summed E-state index contributed by atoms with van der Waals surface area (Å²) < 4.78 is 33.6. The van der Waals surface area contributed by atoms with E-state index in [0.717, 1.165) is 44.6 Å². The third-order valence-electron chi connectivity index (χ3n) is 6.63. The van der Waals surface area contributed by atoms with E-state index in [2.05, 4.69) is 24.3 Å². The van der Waals surface area contributed by atoms with Gasteiger partial charge in [-0.25, -0.2) is 0 Å². The SMILES string of the molecule is CO[Si](CCCCCc1ccc(CC2CCC2[Si](OC)(OC)OC)cc1)(OC)OC. The summed E-state index contributed by atoms with van der Waals surface area (Å²) in [7, 11) is 5.21. The molecule has 1 aliphatic rings. The van der Waals surface area contributed by atoms with E-state index in [0.29, 0.717) is 11.5 Å². The molecule has 2 unspecified atom stereocenters. The molecule has 8 heteroatoms. The van der Waals surface area contributed by atoms with Crippen molar-refractivity contribution in [3.8, 4) is 0 Å². The highest BCUT2D eigenvalue weighted by atomic mass is 28.4. The van der Waals surface area contributed by atoms with E-state index in [1.54, 1.807) is 42.7 Å². The molecule has 1 aromatic rings. The monoisotopic (exact) mass is 456 g/mol. The van der Waals surface area contributed by atoms with Crippen LogP contribution in [0.25, 0.3) is 0 Å². The van der Waals surface area contributed by atoms with Crippen molar-refractivity contribution in [2.75, 3.05) is 42.7 Å². The van der Waals surface area contributed by atoms with Gasteiger partial charge in [-0.1, -0.05) is 30.7 Å². The predicted molar refractivity (Wildman–Crippen MR) is 123 cm³/mol. The van der Waals surface area contributed by atoms with Gasteiger partial charge in [-0.2, -0.15) is 0 Å². The number of aryl methyl sites for hydroxylation is 1. The fourth-order valence-electron chi connectivity index (χ4n) is 4.53. The van der Waals surface area contributed by atoms with Crippen molar-refractivity contribution >= 4 is 17.6 Å². The molecule has 2 rings (SSSR count). The lowest BCUT2D eigenvalue weighted by Crippen LogP contribution is -2.53. The largest absolute Gasteiger partial charge is 0.503 e. The third kappa shape index (κ3) is 6.23. The highest BCUT2D eigenvalue weighted by Crippen LogP contribution is 2.48. The lowest BCUT2D eigenvalue weighted by molar-refractivity contribution is 0.0791. The molecule has 30 heavy (non-hydrogen) atoms. The maximum atomic E-state index is 5.71. The molecule has 0 amide bonds. The molecule has 0 spiro atoms. The second-order valence-corrected chi connectivity index (χ2v) is 14.3. The molecule has 6 nitrogen and oxygen atoms in total. The first-order chi connectivity index (χ1) is 14.5. The summed E-state index contributed by atoms with van der Waals surface area (Å²) in [5.41, 5.74) is 3.18. The van der Waals surface area contributed by atoms with Crippen LogP contribution in [-0.4, -0.2) is 60.3 Å². The van der Waals surface area contributed by atoms with Gasteiger partial charge in [0.25, 0.3) is 0 Å². The minimum Gasteiger partial charge on any atom is -0.377 e. The van der Waals surface area contributed by atoms with Crippen molar-refractivity contribution in [3.63, 3.8) is 0 Å². The highest BCUT2D eigenvalue weighted by Gasteiger charge is 2.54. The zero-order valence-corrected chi connectivity index (χ0v) is 21.6. The van der Waals surface area contributed by atoms with Gasteiger partial charge in [-0.05, 0) is 55.6 Å². The van der Waals surface area contributed by atoms with Crippen LogP contribution in [0.2, 0.25) is 11.6 Å². The minimum absolute atomic E-state index is 0.402. The summed E-state index contributed by atoms with van der Waals surface area (Å²) in [5, 5.41) is 0. The average molecular weight is 457 g/mol. The first-order valence-corrected chi connectivity index (χ1v) is 14.6. The Hall–Kier alpha value is -0.586. The predicted octanol–water partition coefficient (Wildman–Crippen LogP) is 4.48. The Morgan fingerprint density at radius 3 is 1.73 bits per heavy atom. The van der Waals surface area contributed by atoms with Crippen molar-refractivity contribution in [2.24, 2.45) is 5.92 Å². The van der Waals surface area contributed by atoms with E-state index in [1.165, 1.54) is 17.5 Å². The zero-order chi connectivity index (χ0) is 22.0. The molecule has 0 heterocycles. The Bertz CT molecular complexity index is 588. The summed E-state index contributed by atoms with van der Waals surface area (Å²) in [6, 6.07) is 9.97. The second kappa shape index (κ2) is 12.5. The van der Waals surface area contributed by atoms with Crippen LogP contribution in [0.4, 0.5) is 0 Å². The Morgan fingerprint density at radius 2 is 1.27 bits per heavy atom. The molecule has 0 aliphatic heterocycles. The van der Waals surface area contributed by atoms with Crippen LogP contribution in [0.5, 0.6) is 0 Å². The number of hydrogen-bond donors (Lipinski definition) is 0. The molecule has 172 valence electrons. The van der Waals surface area contributed by atoms with Crippen LogP contribution >= 0.6 is 0 Å². The van der Waals surface area contributed by atoms with Gasteiger partial charge in [0.15, 0.2) is 0 Å². The molecular formula is C22H40O6Si2. The van der Waals surface area contributed by atoms with Gasteiger partial charge < -0.3 is 26.6 Å². The van der Waals surface area contributed by atoms with E-state index >= 15 is 0 Å².